The number of nitrogens with one attached hydrogen (secondary N) is 2. The molecule has 4 aromatic rings. The van der Waals surface area contributed by atoms with Gasteiger partial charge in [-0.2, -0.15) is 0 Å². The van der Waals surface area contributed by atoms with Gasteiger partial charge in [-0.05, 0) is 61.9 Å². The Bertz CT molecular complexity index is 1540. The molecule has 37 heavy (non-hydrogen) atoms. The minimum Gasteiger partial charge on any atom is -0.495 e. The number of anilines is 1. The van der Waals surface area contributed by atoms with Crippen molar-refractivity contribution in [3.63, 3.8) is 0 Å². The van der Waals surface area contributed by atoms with Crippen LogP contribution < -0.4 is 15.6 Å². The summed E-state index contributed by atoms with van der Waals surface area (Å²) in [5, 5.41) is 4.30. The predicted molar refractivity (Wildman–Crippen MR) is 145 cm³/mol. The van der Waals surface area contributed by atoms with Crippen LogP contribution in [0.4, 0.5) is 5.69 Å². The number of aromatic nitrogens is 2. The number of halogens is 1. The average Bonchev–Trinajstić information content (AvgIpc) is 3.23. The number of aryl methyl sites for hydroxylation is 1. The highest BCUT2D eigenvalue weighted by Gasteiger charge is 2.24. The molecule has 8 nitrogen and oxygen atoms in total. The van der Waals surface area contributed by atoms with E-state index in [9.17, 15) is 14.4 Å². The quantitative estimate of drug-likeness (QED) is 0.288. The predicted octanol–water partition coefficient (Wildman–Crippen LogP) is 5.39. The van der Waals surface area contributed by atoms with Gasteiger partial charge in [0.15, 0.2) is 5.78 Å². The Morgan fingerprint density at radius 3 is 2.57 bits per heavy atom. The van der Waals surface area contributed by atoms with Crippen molar-refractivity contribution >= 4 is 39.9 Å². The fourth-order valence-corrected chi connectivity index (χ4v) is 4.57. The smallest absolute Gasteiger partial charge is 0.252 e. The van der Waals surface area contributed by atoms with Gasteiger partial charge in [0.05, 0.1) is 13.3 Å². The number of benzene rings is 2. The summed E-state index contributed by atoms with van der Waals surface area (Å²) in [6, 6.07) is 12.9. The summed E-state index contributed by atoms with van der Waals surface area (Å²) in [7, 11) is 3.00. The lowest BCUT2D eigenvalue weighted by molar-refractivity contribution is -0.119. The van der Waals surface area contributed by atoms with E-state index in [4.69, 9.17) is 21.1 Å². The molecule has 1 atom stereocenters. The zero-order valence-electron chi connectivity index (χ0n) is 21.1. The zero-order chi connectivity index (χ0) is 26.7. The van der Waals surface area contributed by atoms with Crippen LogP contribution in [-0.4, -0.2) is 42.1 Å². The van der Waals surface area contributed by atoms with Crippen LogP contribution in [-0.2, 0) is 9.53 Å². The second kappa shape index (κ2) is 11.0. The van der Waals surface area contributed by atoms with Crippen molar-refractivity contribution in [3.05, 3.63) is 81.4 Å². The Balaban J connectivity index is 1.74. The summed E-state index contributed by atoms with van der Waals surface area (Å²) in [5.41, 5.74) is 3.46. The molecule has 2 aromatic carbocycles. The van der Waals surface area contributed by atoms with E-state index >= 15 is 0 Å². The van der Waals surface area contributed by atoms with Crippen LogP contribution in [0.25, 0.3) is 22.0 Å². The molecule has 0 aliphatic rings. The zero-order valence-corrected chi connectivity index (χ0v) is 21.8. The molecule has 0 spiro atoms. The molecular weight excluding hydrogens is 494 g/mol. The number of pyridine rings is 1. The van der Waals surface area contributed by atoms with Crippen molar-refractivity contribution in [3.8, 4) is 16.9 Å². The number of carbonyl (C=O) groups is 2. The summed E-state index contributed by atoms with van der Waals surface area (Å²) >= 11 is 6.20. The summed E-state index contributed by atoms with van der Waals surface area (Å²) in [6.45, 7) is 3.66. The lowest BCUT2D eigenvalue weighted by atomic mass is 9.97. The molecule has 1 amide bonds. The summed E-state index contributed by atoms with van der Waals surface area (Å²) < 4.78 is 12.1. The van der Waals surface area contributed by atoms with Gasteiger partial charge in [-0.1, -0.05) is 11.6 Å². The SMILES string of the molecule is COCCC(C(=O)Nc1ccc2[nH]c(C)cc2c1)n1cc(OC)c(-c2cc(Cl)ccc2C(C)=O)cc1=O. The van der Waals surface area contributed by atoms with Gasteiger partial charge in [0.2, 0.25) is 5.91 Å². The van der Waals surface area contributed by atoms with Gasteiger partial charge in [-0.3, -0.25) is 19.0 Å². The summed E-state index contributed by atoms with van der Waals surface area (Å²) in [6.07, 6.45) is 1.74. The van der Waals surface area contributed by atoms with E-state index in [0.29, 0.717) is 33.1 Å². The van der Waals surface area contributed by atoms with Crippen molar-refractivity contribution in [1.82, 2.24) is 9.55 Å². The Morgan fingerprint density at radius 2 is 1.86 bits per heavy atom. The first-order valence-corrected chi connectivity index (χ1v) is 12.1. The largest absolute Gasteiger partial charge is 0.495 e. The number of carbonyl (C=O) groups excluding carboxylic acids is 2. The highest BCUT2D eigenvalue weighted by molar-refractivity contribution is 6.31. The van der Waals surface area contributed by atoms with Crippen molar-refractivity contribution in [2.75, 3.05) is 26.1 Å². The third-order valence-corrected chi connectivity index (χ3v) is 6.41. The third-order valence-electron chi connectivity index (χ3n) is 6.17. The molecule has 1 unspecified atom stereocenters. The highest BCUT2D eigenvalue weighted by atomic mass is 35.5. The first kappa shape index (κ1) is 26.2. The number of H-pyrrole nitrogens is 1. The summed E-state index contributed by atoms with van der Waals surface area (Å²) in [4.78, 5) is 42.3. The van der Waals surface area contributed by atoms with Crippen LogP contribution in [0.2, 0.25) is 5.02 Å². The molecule has 0 saturated heterocycles. The molecule has 192 valence electrons. The number of ether oxygens (including phenoxy) is 2. The maximum Gasteiger partial charge on any atom is 0.252 e. The Hall–Kier alpha value is -3.88. The molecule has 4 rings (SSSR count). The van der Waals surface area contributed by atoms with Crippen LogP contribution in [0, 0.1) is 6.92 Å². The van der Waals surface area contributed by atoms with Crippen LogP contribution >= 0.6 is 11.6 Å². The maximum absolute atomic E-state index is 13.4. The van der Waals surface area contributed by atoms with Crippen molar-refractivity contribution in [1.29, 1.82) is 0 Å². The van der Waals surface area contributed by atoms with E-state index in [2.05, 4.69) is 10.3 Å². The minimum atomic E-state index is -0.870. The van der Waals surface area contributed by atoms with Gasteiger partial charge in [0.25, 0.3) is 5.56 Å². The van der Waals surface area contributed by atoms with E-state index in [1.165, 1.54) is 38.0 Å². The Morgan fingerprint density at radius 1 is 1.08 bits per heavy atom. The van der Waals surface area contributed by atoms with E-state index < -0.39 is 11.6 Å². The molecule has 0 aliphatic heterocycles. The molecular formula is C28H28ClN3O5. The lowest BCUT2D eigenvalue weighted by Crippen LogP contribution is -2.34. The standard InChI is InChI=1S/C28H28ClN3O5/c1-16-11-18-12-20(6-8-24(18)30-16)31-28(35)25(9-10-36-3)32-15-26(37-4)23(14-27(32)34)22-13-19(29)5-7-21(22)17(2)33/h5-8,11-15,25,30H,9-10H2,1-4H3,(H,31,35). The summed E-state index contributed by atoms with van der Waals surface area (Å²) in [5.74, 6) is -0.221. The molecule has 2 aromatic heterocycles. The van der Waals surface area contributed by atoms with E-state index in [1.807, 2.05) is 25.1 Å². The minimum absolute atomic E-state index is 0.176. The van der Waals surface area contributed by atoms with Crippen molar-refractivity contribution in [2.24, 2.45) is 0 Å². The number of fused-ring (bicyclic) bond motifs is 1. The second-order valence-electron chi connectivity index (χ2n) is 8.79. The number of hydrogen-bond donors (Lipinski definition) is 2. The number of rotatable bonds is 9. The first-order valence-electron chi connectivity index (χ1n) is 11.7. The van der Waals surface area contributed by atoms with Gasteiger partial charge >= 0.3 is 0 Å². The van der Waals surface area contributed by atoms with Gasteiger partial charge in [-0.25, -0.2) is 0 Å². The van der Waals surface area contributed by atoms with Crippen LogP contribution in [0.3, 0.4) is 0 Å². The number of ketones is 1. The van der Waals surface area contributed by atoms with Crippen LogP contribution in [0.5, 0.6) is 5.75 Å². The third kappa shape index (κ3) is 5.60. The Labute approximate surface area is 219 Å². The van der Waals surface area contributed by atoms with Gasteiger partial charge in [0.1, 0.15) is 11.8 Å². The molecule has 0 aliphatic carbocycles. The maximum atomic E-state index is 13.4. The van der Waals surface area contributed by atoms with Gasteiger partial charge in [-0.15, -0.1) is 0 Å². The Kier molecular flexibility index (Phi) is 7.80. The van der Waals surface area contributed by atoms with E-state index in [1.54, 1.807) is 24.3 Å². The number of nitrogens with zero attached hydrogens (tertiary/aromatic N) is 1. The van der Waals surface area contributed by atoms with Gasteiger partial charge in [0, 0.05) is 64.6 Å². The number of amides is 1. The van der Waals surface area contributed by atoms with Crippen molar-refractivity contribution in [2.45, 2.75) is 26.3 Å². The lowest BCUT2D eigenvalue weighted by Gasteiger charge is -2.21. The molecule has 2 N–H and O–H groups in total. The number of methoxy groups -OCH3 is 2. The molecule has 0 radical (unpaired) electrons. The second-order valence-corrected chi connectivity index (χ2v) is 9.22. The molecule has 0 saturated carbocycles. The fraction of sp³-hybridized carbons (Fsp3) is 0.250. The average molecular weight is 522 g/mol. The topological polar surface area (TPSA) is 102 Å². The molecule has 9 heteroatoms. The normalized spacial score (nSPS) is 11.9. The number of hydrogen-bond acceptors (Lipinski definition) is 5. The number of Topliss-reactive ketones (excluding diaryl/α,β-unsaturated/α-hetero) is 1. The van der Waals surface area contributed by atoms with Gasteiger partial charge < -0.3 is 19.8 Å². The molecule has 2 heterocycles. The van der Waals surface area contributed by atoms with Crippen LogP contribution in [0.15, 0.2) is 59.5 Å². The monoisotopic (exact) mass is 521 g/mol. The first-order chi connectivity index (χ1) is 17.7. The molecule has 0 bridgehead atoms. The number of aromatic amines is 1. The highest BCUT2D eigenvalue weighted by Crippen LogP contribution is 2.34. The van der Waals surface area contributed by atoms with E-state index in [-0.39, 0.29) is 24.7 Å². The van der Waals surface area contributed by atoms with Crippen molar-refractivity contribution < 1.29 is 19.1 Å². The van der Waals surface area contributed by atoms with E-state index in [0.717, 1.165) is 16.6 Å². The van der Waals surface area contributed by atoms with Crippen LogP contribution in [0.1, 0.15) is 35.4 Å². The fourth-order valence-electron chi connectivity index (χ4n) is 4.40. The molecule has 0 fully saturated rings.